The Labute approximate surface area is 186 Å². The summed E-state index contributed by atoms with van der Waals surface area (Å²) in [5.74, 6) is -0.239. The Morgan fingerprint density at radius 3 is 2.45 bits per heavy atom. The third kappa shape index (κ3) is 4.59. The van der Waals surface area contributed by atoms with E-state index in [0.29, 0.717) is 17.1 Å². The van der Waals surface area contributed by atoms with Gasteiger partial charge < -0.3 is 20.1 Å². The Hall–Kier alpha value is -2.07. The lowest BCUT2D eigenvalue weighted by atomic mass is 9.96. The molecular weight excluding hydrogens is 434 g/mol. The van der Waals surface area contributed by atoms with E-state index in [9.17, 15) is 17.8 Å². The number of likely N-dealkylation sites (tertiary alicyclic amines) is 1. The molecule has 2 heterocycles. The van der Waals surface area contributed by atoms with Crippen LogP contribution in [0.4, 0.5) is 11.4 Å². The van der Waals surface area contributed by atoms with Crippen LogP contribution in [0.1, 0.15) is 19.3 Å². The summed E-state index contributed by atoms with van der Waals surface area (Å²) in [6, 6.07) is 12.4. The molecule has 166 valence electrons. The standard InChI is InChI=1S/C22H27N3O4S2/c1-31(28,29)17-7-8-21-19(15-17)25(18-5-2-3-6-20(18)30(21)27)12-4-11-24-13-9-16(10-14-24)22(23)26/h2-3,5-8,15-16H,4,9-14H2,1H3,(H2,23,26)/t30-/m0/s1. The maximum absolute atomic E-state index is 13.1. The molecule has 4 rings (SSSR count). The number of anilines is 2. The molecule has 7 nitrogen and oxygen atoms in total. The van der Waals surface area contributed by atoms with Gasteiger partial charge in [-0.1, -0.05) is 12.1 Å². The van der Waals surface area contributed by atoms with Crippen molar-refractivity contribution < 1.29 is 17.8 Å². The fourth-order valence-corrected chi connectivity index (χ4v) is 6.31. The van der Waals surface area contributed by atoms with Gasteiger partial charge in [-0.2, -0.15) is 0 Å². The number of benzene rings is 2. The van der Waals surface area contributed by atoms with Crippen molar-refractivity contribution in [3.8, 4) is 0 Å². The van der Waals surface area contributed by atoms with Crippen molar-refractivity contribution >= 4 is 38.3 Å². The maximum atomic E-state index is 13.1. The second-order valence-corrected chi connectivity index (χ2v) is 11.6. The normalized spacial score (nSPS) is 19.7. The predicted octanol–water partition coefficient (Wildman–Crippen LogP) is 2.30. The molecule has 9 heteroatoms. The fraction of sp³-hybridized carbons (Fsp3) is 0.409. The van der Waals surface area contributed by atoms with Gasteiger partial charge in [0.2, 0.25) is 5.91 Å². The number of fused-ring (bicyclic) bond motifs is 2. The van der Waals surface area contributed by atoms with Crippen LogP contribution in [0, 0.1) is 5.92 Å². The molecule has 2 aromatic carbocycles. The zero-order valence-electron chi connectivity index (χ0n) is 17.5. The van der Waals surface area contributed by atoms with E-state index in [1.54, 1.807) is 12.1 Å². The van der Waals surface area contributed by atoms with Gasteiger partial charge in [0.15, 0.2) is 19.6 Å². The van der Waals surface area contributed by atoms with Gasteiger partial charge in [-0.3, -0.25) is 4.79 Å². The van der Waals surface area contributed by atoms with Gasteiger partial charge in [-0.15, -0.1) is 0 Å². The number of nitrogens with zero attached hydrogens (tertiary/aromatic N) is 2. The quantitative estimate of drug-likeness (QED) is 0.662. The Bertz CT molecular complexity index is 1080. The molecule has 0 saturated carbocycles. The van der Waals surface area contributed by atoms with Gasteiger partial charge >= 0.3 is 0 Å². The number of sulfone groups is 1. The van der Waals surface area contributed by atoms with Gasteiger partial charge in [-0.05, 0) is 69.2 Å². The maximum Gasteiger partial charge on any atom is 0.220 e. The zero-order chi connectivity index (χ0) is 22.2. The molecule has 2 aliphatic heterocycles. The largest absolute Gasteiger partial charge is 0.606 e. The topological polar surface area (TPSA) is 107 Å². The molecule has 1 atom stereocenters. The van der Waals surface area contributed by atoms with E-state index in [2.05, 4.69) is 9.80 Å². The molecule has 31 heavy (non-hydrogen) atoms. The van der Waals surface area contributed by atoms with Crippen LogP contribution in [0.3, 0.4) is 0 Å². The van der Waals surface area contributed by atoms with E-state index in [-0.39, 0.29) is 16.7 Å². The average Bonchev–Trinajstić information content (AvgIpc) is 2.75. The van der Waals surface area contributed by atoms with Crippen molar-refractivity contribution in [2.24, 2.45) is 11.7 Å². The Balaban J connectivity index is 1.54. The van der Waals surface area contributed by atoms with E-state index in [0.717, 1.165) is 49.5 Å². The fourth-order valence-electron chi connectivity index (χ4n) is 4.32. The molecule has 1 fully saturated rings. The van der Waals surface area contributed by atoms with Gasteiger partial charge in [0.1, 0.15) is 0 Å². The first-order chi connectivity index (χ1) is 14.8. The van der Waals surface area contributed by atoms with Crippen LogP contribution in [-0.2, 0) is 25.8 Å². The number of nitrogens with two attached hydrogens (primary N) is 1. The highest BCUT2D eigenvalue weighted by atomic mass is 32.2. The van der Waals surface area contributed by atoms with Crippen LogP contribution < -0.4 is 10.6 Å². The minimum Gasteiger partial charge on any atom is -0.606 e. The summed E-state index contributed by atoms with van der Waals surface area (Å²) in [6.07, 6.45) is 3.62. The Kier molecular flexibility index (Phi) is 6.30. The van der Waals surface area contributed by atoms with Crippen molar-refractivity contribution in [3.05, 3.63) is 42.5 Å². The smallest absolute Gasteiger partial charge is 0.220 e. The summed E-state index contributed by atoms with van der Waals surface area (Å²) in [5, 5.41) is 0. The van der Waals surface area contributed by atoms with Crippen LogP contribution in [0.5, 0.6) is 0 Å². The number of amides is 1. The molecule has 0 unspecified atom stereocenters. The molecule has 0 aliphatic carbocycles. The number of hydrogen-bond donors (Lipinski definition) is 1. The molecule has 0 aromatic heterocycles. The summed E-state index contributed by atoms with van der Waals surface area (Å²) in [7, 11) is -3.38. The third-order valence-corrected chi connectivity index (χ3v) is 8.65. The summed E-state index contributed by atoms with van der Waals surface area (Å²) >= 11 is -1.35. The van der Waals surface area contributed by atoms with Crippen molar-refractivity contribution in [1.29, 1.82) is 0 Å². The third-order valence-electron chi connectivity index (χ3n) is 6.05. The van der Waals surface area contributed by atoms with Gasteiger partial charge in [0, 0.05) is 29.9 Å². The summed E-state index contributed by atoms with van der Waals surface area (Å²) in [5.41, 5.74) is 6.96. The lowest BCUT2D eigenvalue weighted by molar-refractivity contribution is -0.123. The van der Waals surface area contributed by atoms with Crippen LogP contribution >= 0.6 is 0 Å². The first-order valence-corrected chi connectivity index (χ1v) is 13.4. The lowest BCUT2D eigenvalue weighted by Crippen LogP contribution is -2.39. The molecule has 1 saturated heterocycles. The SMILES string of the molecule is CS(=O)(=O)c1ccc2c(c1)N(CCCN1CCC(C(N)=O)CC1)c1ccccc1[S@+]2[O-]. The number of para-hydroxylation sites is 1. The van der Waals surface area contributed by atoms with Crippen molar-refractivity contribution in [2.45, 2.75) is 33.9 Å². The first-order valence-electron chi connectivity index (χ1n) is 10.4. The van der Waals surface area contributed by atoms with Crippen molar-refractivity contribution in [1.82, 2.24) is 4.90 Å². The van der Waals surface area contributed by atoms with Crippen LogP contribution in [0.2, 0.25) is 0 Å². The van der Waals surface area contributed by atoms with E-state index >= 15 is 0 Å². The van der Waals surface area contributed by atoms with Crippen molar-refractivity contribution in [3.63, 3.8) is 0 Å². The molecule has 2 aliphatic rings. The van der Waals surface area contributed by atoms with Gasteiger partial charge in [0.25, 0.3) is 0 Å². The monoisotopic (exact) mass is 461 g/mol. The van der Waals surface area contributed by atoms with E-state index < -0.39 is 21.0 Å². The number of carbonyl (C=O) groups excluding carboxylic acids is 1. The second kappa shape index (κ2) is 8.82. The highest BCUT2D eigenvalue weighted by Crippen LogP contribution is 2.44. The van der Waals surface area contributed by atoms with Crippen LogP contribution in [0.25, 0.3) is 0 Å². The van der Waals surface area contributed by atoms with E-state index in [1.807, 2.05) is 24.3 Å². The first kappa shape index (κ1) is 22.1. The minimum atomic E-state index is -3.38. The minimum absolute atomic E-state index is 0.0264. The molecule has 0 spiro atoms. The molecule has 0 bridgehead atoms. The van der Waals surface area contributed by atoms with Gasteiger partial charge in [0.05, 0.1) is 16.3 Å². The Morgan fingerprint density at radius 1 is 1.10 bits per heavy atom. The number of rotatable bonds is 6. The Morgan fingerprint density at radius 2 is 1.77 bits per heavy atom. The highest BCUT2D eigenvalue weighted by molar-refractivity contribution is 7.92. The average molecular weight is 462 g/mol. The summed E-state index contributed by atoms with van der Waals surface area (Å²) in [4.78, 5) is 17.4. The predicted molar refractivity (Wildman–Crippen MR) is 121 cm³/mol. The summed E-state index contributed by atoms with van der Waals surface area (Å²) in [6.45, 7) is 3.24. The van der Waals surface area contributed by atoms with Crippen LogP contribution in [0.15, 0.2) is 57.2 Å². The lowest BCUT2D eigenvalue weighted by Gasteiger charge is -2.34. The van der Waals surface area contributed by atoms with Crippen molar-refractivity contribution in [2.75, 3.05) is 37.3 Å². The molecule has 1 amide bonds. The van der Waals surface area contributed by atoms with Gasteiger partial charge in [-0.25, -0.2) is 8.42 Å². The highest BCUT2D eigenvalue weighted by Gasteiger charge is 2.34. The number of primary amides is 1. The molecule has 0 radical (unpaired) electrons. The van der Waals surface area contributed by atoms with Crippen LogP contribution in [-0.4, -0.2) is 56.2 Å². The number of hydrogen-bond acceptors (Lipinski definition) is 6. The number of piperidine rings is 1. The molecule has 2 N–H and O–H groups in total. The number of carbonyl (C=O) groups is 1. The molecular formula is C22H27N3O4S2. The van der Waals surface area contributed by atoms with E-state index in [4.69, 9.17) is 5.73 Å². The zero-order valence-corrected chi connectivity index (χ0v) is 19.1. The summed E-state index contributed by atoms with van der Waals surface area (Å²) < 4.78 is 37.3. The second-order valence-electron chi connectivity index (χ2n) is 8.16. The van der Waals surface area contributed by atoms with E-state index in [1.165, 1.54) is 12.3 Å². The molecule has 2 aromatic rings.